The summed E-state index contributed by atoms with van der Waals surface area (Å²) in [6, 6.07) is 10.6. The second-order valence-electron chi connectivity index (χ2n) is 6.58. The van der Waals surface area contributed by atoms with Gasteiger partial charge in [-0.15, -0.1) is 0 Å². The van der Waals surface area contributed by atoms with Crippen LogP contribution in [0.5, 0.6) is 0 Å². The lowest BCUT2D eigenvalue weighted by atomic mass is 9.98. The van der Waals surface area contributed by atoms with Crippen molar-refractivity contribution in [1.82, 2.24) is 0 Å². The SMILES string of the molecule is C=C(CC)c1ccc(NCc2ccc(CCC)c(C)c2)cc1C(F)(F)F. The molecule has 1 N–H and O–H groups in total. The molecule has 0 aliphatic rings. The maximum atomic E-state index is 13.4. The number of hydrogen-bond donors (Lipinski definition) is 1. The highest BCUT2D eigenvalue weighted by molar-refractivity contribution is 5.69. The van der Waals surface area contributed by atoms with Crippen LogP contribution in [0.2, 0.25) is 0 Å². The number of benzene rings is 2. The predicted molar refractivity (Wildman–Crippen MR) is 103 cm³/mol. The zero-order valence-corrected chi connectivity index (χ0v) is 15.6. The summed E-state index contributed by atoms with van der Waals surface area (Å²) in [4.78, 5) is 0. The zero-order chi connectivity index (χ0) is 19.3. The predicted octanol–water partition coefficient (Wildman–Crippen LogP) is 7.00. The normalized spacial score (nSPS) is 11.5. The summed E-state index contributed by atoms with van der Waals surface area (Å²) in [5.41, 5.74) is 4.08. The molecule has 0 atom stereocenters. The third-order valence-electron chi connectivity index (χ3n) is 4.56. The summed E-state index contributed by atoms with van der Waals surface area (Å²) < 4.78 is 40.2. The van der Waals surface area contributed by atoms with Crippen LogP contribution in [-0.2, 0) is 19.1 Å². The molecule has 0 aliphatic carbocycles. The molecule has 0 aromatic heterocycles. The van der Waals surface area contributed by atoms with Gasteiger partial charge >= 0.3 is 6.18 Å². The Kier molecular flexibility index (Phi) is 6.52. The molecule has 0 unspecified atom stereocenters. The highest BCUT2D eigenvalue weighted by Gasteiger charge is 2.34. The van der Waals surface area contributed by atoms with Crippen molar-refractivity contribution in [2.24, 2.45) is 0 Å². The number of halogens is 3. The minimum absolute atomic E-state index is 0.172. The molecule has 4 heteroatoms. The van der Waals surface area contributed by atoms with Crippen molar-refractivity contribution in [3.05, 3.63) is 70.8 Å². The van der Waals surface area contributed by atoms with Crippen LogP contribution < -0.4 is 5.32 Å². The lowest BCUT2D eigenvalue weighted by Gasteiger charge is -2.17. The third-order valence-corrected chi connectivity index (χ3v) is 4.56. The fourth-order valence-corrected chi connectivity index (χ4v) is 3.01. The molecule has 0 heterocycles. The van der Waals surface area contributed by atoms with Gasteiger partial charge in [0.15, 0.2) is 0 Å². The Balaban J connectivity index is 2.20. The van der Waals surface area contributed by atoms with E-state index in [0.29, 0.717) is 24.2 Å². The minimum atomic E-state index is -4.40. The van der Waals surface area contributed by atoms with Gasteiger partial charge < -0.3 is 5.32 Å². The van der Waals surface area contributed by atoms with Crippen molar-refractivity contribution < 1.29 is 13.2 Å². The first-order valence-electron chi connectivity index (χ1n) is 8.97. The van der Waals surface area contributed by atoms with E-state index in [2.05, 4.69) is 37.9 Å². The van der Waals surface area contributed by atoms with Crippen molar-refractivity contribution in [3.8, 4) is 0 Å². The molecule has 0 aliphatic heterocycles. The van der Waals surface area contributed by atoms with Crippen LogP contribution in [0.3, 0.4) is 0 Å². The molecular formula is C22H26F3N. The molecule has 0 radical (unpaired) electrons. The first kappa shape index (κ1) is 20.1. The van der Waals surface area contributed by atoms with E-state index in [1.54, 1.807) is 13.0 Å². The highest BCUT2D eigenvalue weighted by atomic mass is 19.4. The van der Waals surface area contributed by atoms with Crippen LogP contribution in [0.1, 0.15) is 54.5 Å². The minimum Gasteiger partial charge on any atom is -0.381 e. The Morgan fingerprint density at radius 3 is 2.38 bits per heavy atom. The van der Waals surface area contributed by atoms with Gasteiger partial charge in [-0.2, -0.15) is 13.2 Å². The van der Waals surface area contributed by atoms with E-state index < -0.39 is 11.7 Å². The Hall–Kier alpha value is -2.23. The molecular weight excluding hydrogens is 335 g/mol. The first-order valence-corrected chi connectivity index (χ1v) is 8.97. The van der Waals surface area contributed by atoms with Crippen molar-refractivity contribution in [3.63, 3.8) is 0 Å². The Morgan fingerprint density at radius 2 is 1.81 bits per heavy atom. The number of anilines is 1. The Labute approximate surface area is 153 Å². The van der Waals surface area contributed by atoms with E-state index in [4.69, 9.17) is 0 Å². The van der Waals surface area contributed by atoms with Crippen molar-refractivity contribution in [2.45, 2.75) is 52.8 Å². The maximum absolute atomic E-state index is 13.4. The monoisotopic (exact) mass is 361 g/mol. The molecule has 2 aromatic rings. The molecule has 0 fully saturated rings. The highest BCUT2D eigenvalue weighted by Crippen LogP contribution is 2.37. The van der Waals surface area contributed by atoms with Crippen LogP contribution in [0.25, 0.3) is 5.57 Å². The van der Waals surface area contributed by atoms with Gasteiger partial charge in [-0.1, -0.05) is 51.1 Å². The standard InChI is InChI=1S/C22H26F3N/c1-5-7-18-9-8-17(12-16(18)4)14-26-19-10-11-20(15(3)6-2)21(13-19)22(23,24)25/h8-13,26H,3,5-7,14H2,1-2,4H3. The zero-order valence-electron chi connectivity index (χ0n) is 15.6. The van der Waals surface area contributed by atoms with E-state index in [1.165, 1.54) is 23.3 Å². The van der Waals surface area contributed by atoms with E-state index in [-0.39, 0.29) is 5.56 Å². The number of aryl methyl sites for hydroxylation is 2. The summed E-state index contributed by atoms with van der Waals surface area (Å²) in [5.74, 6) is 0. The maximum Gasteiger partial charge on any atom is 0.417 e. The topological polar surface area (TPSA) is 12.0 Å². The average molecular weight is 361 g/mol. The van der Waals surface area contributed by atoms with E-state index in [1.807, 2.05) is 6.07 Å². The lowest BCUT2D eigenvalue weighted by Crippen LogP contribution is -2.10. The van der Waals surface area contributed by atoms with E-state index in [0.717, 1.165) is 18.4 Å². The third kappa shape index (κ3) is 4.90. The van der Waals surface area contributed by atoms with Gasteiger partial charge in [0, 0.05) is 12.2 Å². The number of rotatable bonds is 7. The molecule has 0 bridgehead atoms. The van der Waals surface area contributed by atoms with E-state index >= 15 is 0 Å². The summed E-state index contributed by atoms with van der Waals surface area (Å²) in [6.07, 6.45) is -1.78. The first-order chi connectivity index (χ1) is 12.3. The summed E-state index contributed by atoms with van der Waals surface area (Å²) in [5, 5.41) is 3.11. The van der Waals surface area contributed by atoms with Crippen molar-refractivity contribution in [2.75, 3.05) is 5.32 Å². The fourth-order valence-electron chi connectivity index (χ4n) is 3.01. The number of nitrogens with one attached hydrogen (secondary N) is 1. The van der Waals surface area contributed by atoms with Gasteiger partial charge in [-0.25, -0.2) is 0 Å². The molecule has 2 rings (SSSR count). The summed E-state index contributed by atoms with van der Waals surface area (Å²) in [6.45, 7) is 10.3. The fraction of sp³-hybridized carbons (Fsp3) is 0.364. The molecule has 0 spiro atoms. The molecule has 1 nitrogen and oxygen atoms in total. The molecule has 140 valence electrons. The molecule has 0 saturated carbocycles. The molecule has 0 amide bonds. The molecule has 2 aromatic carbocycles. The number of hydrogen-bond acceptors (Lipinski definition) is 1. The molecule has 0 saturated heterocycles. The number of alkyl halides is 3. The van der Waals surface area contributed by atoms with Gasteiger partial charge in [0.05, 0.1) is 5.56 Å². The number of allylic oxidation sites excluding steroid dienone is 1. The van der Waals surface area contributed by atoms with Crippen LogP contribution in [0, 0.1) is 6.92 Å². The average Bonchev–Trinajstić information content (AvgIpc) is 2.60. The smallest absolute Gasteiger partial charge is 0.381 e. The second kappa shape index (κ2) is 8.43. The van der Waals surface area contributed by atoms with Crippen LogP contribution >= 0.6 is 0 Å². The van der Waals surface area contributed by atoms with Crippen LogP contribution in [0.15, 0.2) is 43.0 Å². The van der Waals surface area contributed by atoms with E-state index in [9.17, 15) is 13.2 Å². The Bertz CT molecular complexity index is 775. The van der Waals surface area contributed by atoms with Crippen molar-refractivity contribution >= 4 is 11.3 Å². The summed E-state index contributed by atoms with van der Waals surface area (Å²) >= 11 is 0. The van der Waals surface area contributed by atoms with Gasteiger partial charge in [0.2, 0.25) is 0 Å². The Morgan fingerprint density at radius 1 is 1.08 bits per heavy atom. The summed E-state index contributed by atoms with van der Waals surface area (Å²) in [7, 11) is 0. The van der Waals surface area contributed by atoms with Gasteiger partial charge in [0.1, 0.15) is 0 Å². The van der Waals surface area contributed by atoms with Gasteiger partial charge in [-0.05, 0) is 59.7 Å². The van der Waals surface area contributed by atoms with Crippen LogP contribution in [0.4, 0.5) is 18.9 Å². The van der Waals surface area contributed by atoms with Gasteiger partial charge in [-0.3, -0.25) is 0 Å². The lowest BCUT2D eigenvalue weighted by molar-refractivity contribution is -0.137. The van der Waals surface area contributed by atoms with Gasteiger partial charge in [0.25, 0.3) is 0 Å². The van der Waals surface area contributed by atoms with Crippen LogP contribution in [-0.4, -0.2) is 0 Å². The quantitative estimate of drug-likeness (QED) is 0.560. The molecule has 26 heavy (non-hydrogen) atoms. The second-order valence-corrected chi connectivity index (χ2v) is 6.58. The largest absolute Gasteiger partial charge is 0.417 e. The van der Waals surface area contributed by atoms with Crippen molar-refractivity contribution in [1.29, 1.82) is 0 Å².